The summed E-state index contributed by atoms with van der Waals surface area (Å²) in [7, 11) is 0. The van der Waals surface area contributed by atoms with Crippen molar-refractivity contribution in [1.29, 1.82) is 5.41 Å². The van der Waals surface area contributed by atoms with Crippen LogP contribution < -0.4 is 10.2 Å². The number of hydrogen-bond acceptors (Lipinski definition) is 5. The van der Waals surface area contributed by atoms with Crippen LogP contribution in [0.25, 0.3) is 0 Å². The van der Waals surface area contributed by atoms with E-state index < -0.39 is 6.36 Å². The number of nitrogens with zero attached hydrogens (tertiary/aromatic N) is 3. The third kappa shape index (κ3) is 5.89. The average molecular weight is 403 g/mol. The predicted octanol–water partition coefficient (Wildman–Crippen LogP) is 4.05. The van der Waals surface area contributed by atoms with Crippen molar-refractivity contribution in [2.45, 2.75) is 32.9 Å². The molecule has 29 heavy (non-hydrogen) atoms. The number of aryl methyl sites for hydroxylation is 1. The Hall–Kier alpha value is -3.20. The van der Waals surface area contributed by atoms with Crippen LogP contribution in [0.15, 0.2) is 58.5 Å². The minimum atomic E-state index is -4.75. The van der Waals surface area contributed by atoms with Gasteiger partial charge >= 0.3 is 6.36 Å². The van der Waals surface area contributed by atoms with E-state index >= 15 is 0 Å². The molecule has 1 aliphatic heterocycles. The molecule has 1 heterocycles. The summed E-state index contributed by atoms with van der Waals surface area (Å²) in [5, 5.41) is 9.93. The Bertz CT molecular complexity index is 921. The molecule has 0 fully saturated rings. The summed E-state index contributed by atoms with van der Waals surface area (Å²) < 4.78 is 40.4. The van der Waals surface area contributed by atoms with Crippen LogP contribution in [-0.2, 0) is 6.54 Å². The second kappa shape index (κ2) is 8.44. The molecule has 0 bridgehead atoms. The predicted molar refractivity (Wildman–Crippen MR) is 105 cm³/mol. The zero-order chi connectivity index (χ0) is 21.0. The van der Waals surface area contributed by atoms with Gasteiger partial charge in [-0.05, 0) is 43.7 Å². The van der Waals surface area contributed by atoms with Gasteiger partial charge in [0.05, 0.1) is 6.21 Å². The van der Waals surface area contributed by atoms with E-state index in [1.807, 2.05) is 31.0 Å². The van der Waals surface area contributed by atoms with Crippen LogP contribution in [0.3, 0.4) is 0 Å². The van der Waals surface area contributed by atoms with Crippen molar-refractivity contribution in [2.75, 3.05) is 0 Å². The highest BCUT2D eigenvalue weighted by Crippen LogP contribution is 2.22. The van der Waals surface area contributed by atoms with Crippen LogP contribution in [0, 0.1) is 12.3 Å². The molecule has 0 aliphatic carbocycles. The van der Waals surface area contributed by atoms with Gasteiger partial charge in [0.25, 0.3) is 0 Å². The van der Waals surface area contributed by atoms with Gasteiger partial charge < -0.3 is 4.74 Å². The first-order valence-electron chi connectivity index (χ1n) is 8.85. The number of alkyl halides is 3. The van der Waals surface area contributed by atoms with Gasteiger partial charge in [-0.15, -0.1) is 13.2 Å². The van der Waals surface area contributed by atoms with Gasteiger partial charge in [0, 0.05) is 12.1 Å². The highest BCUT2D eigenvalue weighted by Gasteiger charge is 2.31. The summed E-state index contributed by atoms with van der Waals surface area (Å²) in [6.45, 7) is 4.62. The van der Waals surface area contributed by atoms with Crippen molar-refractivity contribution >= 4 is 17.9 Å². The number of hydrogen-bond donors (Lipinski definition) is 2. The van der Waals surface area contributed by atoms with Crippen LogP contribution in [0.4, 0.5) is 13.2 Å². The van der Waals surface area contributed by atoms with Crippen LogP contribution in [0.2, 0.25) is 0 Å². The topological polar surface area (TPSA) is 73.1 Å². The molecule has 2 aromatic rings. The fourth-order valence-electron chi connectivity index (χ4n) is 2.68. The van der Waals surface area contributed by atoms with E-state index in [0.717, 1.165) is 17.7 Å². The third-order valence-electron chi connectivity index (χ3n) is 4.19. The van der Waals surface area contributed by atoms with Crippen LogP contribution >= 0.6 is 0 Å². The molecule has 3 rings (SSSR count). The van der Waals surface area contributed by atoms with E-state index in [-0.39, 0.29) is 17.8 Å². The summed E-state index contributed by atoms with van der Waals surface area (Å²) in [5.41, 5.74) is 5.83. The number of hydrazine groups is 1. The molecule has 0 radical (unpaired) electrons. The molecule has 0 aromatic heterocycles. The largest absolute Gasteiger partial charge is 0.573 e. The maximum atomic E-state index is 12.2. The lowest BCUT2D eigenvalue weighted by Gasteiger charge is -2.20. The van der Waals surface area contributed by atoms with Gasteiger partial charge in [0.2, 0.25) is 0 Å². The van der Waals surface area contributed by atoms with Crippen LogP contribution in [0.5, 0.6) is 5.75 Å². The number of amidine groups is 2. The lowest BCUT2D eigenvalue weighted by atomic mass is 10.1. The summed E-state index contributed by atoms with van der Waals surface area (Å²) in [6, 6.07) is 13.2. The first-order valence-corrected chi connectivity index (χ1v) is 8.85. The first kappa shape index (κ1) is 20.5. The quantitative estimate of drug-likeness (QED) is 0.584. The number of ether oxygens (including phenoxy) is 1. The van der Waals surface area contributed by atoms with E-state index in [4.69, 9.17) is 5.41 Å². The smallest absolute Gasteiger partial charge is 0.406 e. The lowest BCUT2D eigenvalue weighted by Crippen LogP contribution is -2.39. The fraction of sp³-hybridized carbons (Fsp3) is 0.250. The molecule has 6 nitrogen and oxygen atoms in total. The maximum absolute atomic E-state index is 12.2. The monoisotopic (exact) mass is 403 g/mol. The Labute approximate surface area is 166 Å². The van der Waals surface area contributed by atoms with E-state index in [2.05, 4.69) is 32.3 Å². The highest BCUT2D eigenvalue weighted by molar-refractivity contribution is 6.32. The van der Waals surface area contributed by atoms with Crippen molar-refractivity contribution in [3.05, 3.63) is 65.2 Å². The van der Waals surface area contributed by atoms with Crippen molar-refractivity contribution in [3.63, 3.8) is 0 Å². The van der Waals surface area contributed by atoms with Crippen molar-refractivity contribution in [3.8, 4) is 5.75 Å². The number of benzene rings is 2. The van der Waals surface area contributed by atoms with Crippen LogP contribution in [-0.4, -0.2) is 35.4 Å². The molecule has 0 saturated carbocycles. The van der Waals surface area contributed by atoms with E-state index in [1.54, 1.807) is 0 Å². The molecule has 1 atom stereocenters. The van der Waals surface area contributed by atoms with Crippen LogP contribution in [0.1, 0.15) is 23.6 Å². The second-order valence-corrected chi connectivity index (χ2v) is 6.55. The summed E-state index contributed by atoms with van der Waals surface area (Å²) in [5.74, 6) is 0.0597. The zero-order valence-electron chi connectivity index (χ0n) is 15.9. The molecule has 1 unspecified atom stereocenters. The zero-order valence-corrected chi connectivity index (χ0v) is 15.9. The Morgan fingerprint density at radius 2 is 1.86 bits per heavy atom. The summed E-state index contributed by atoms with van der Waals surface area (Å²) in [6.07, 6.45) is -3.43. The van der Waals surface area contributed by atoms with Gasteiger partial charge in [-0.3, -0.25) is 10.8 Å². The molecule has 152 valence electrons. The van der Waals surface area contributed by atoms with Gasteiger partial charge in [0.15, 0.2) is 11.7 Å². The number of halogens is 3. The van der Waals surface area contributed by atoms with Gasteiger partial charge in [-0.2, -0.15) is 5.01 Å². The molecular formula is C20H20F3N5O. The molecule has 9 heteroatoms. The second-order valence-electron chi connectivity index (χ2n) is 6.55. The molecule has 0 spiro atoms. The fourth-order valence-corrected chi connectivity index (χ4v) is 2.68. The number of rotatable bonds is 5. The number of aliphatic imine (C=N–C) groups is 2. The normalized spacial score (nSPS) is 17.3. The number of nitrogens with one attached hydrogen (secondary N) is 2. The molecular weight excluding hydrogens is 383 g/mol. The van der Waals surface area contributed by atoms with Gasteiger partial charge in [0.1, 0.15) is 11.9 Å². The molecule has 2 aromatic carbocycles. The Balaban J connectivity index is 1.57. The Morgan fingerprint density at radius 3 is 2.48 bits per heavy atom. The maximum Gasteiger partial charge on any atom is 0.573 e. The Morgan fingerprint density at radius 1 is 1.21 bits per heavy atom. The average Bonchev–Trinajstić information content (AvgIpc) is 3.00. The first-order chi connectivity index (χ1) is 13.7. The van der Waals surface area contributed by atoms with Crippen molar-refractivity contribution in [2.24, 2.45) is 9.98 Å². The molecule has 0 saturated heterocycles. The molecule has 0 amide bonds. The van der Waals surface area contributed by atoms with Gasteiger partial charge in [-0.1, -0.05) is 29.8 Å². The van der Waals surface area contributed by atoms with E-state index in [9.17, 15) is 13.2 Å². The van der Waals surface area contributed by atoms with E-state index in [0.29, 0.717) is 17.9 Å². The highest BCUT2D eigenvalue weighted by atomic mass is 19.4. The summed E-state index contributed by atoms with van der Waals surface area (Å²) >= 11 is 0. The Kier molecular flexibility index (Phi) is 5.97. The minimum absolute atomic E-state index is 0.0994. The third-order valence-corrected chi connectivity index (χ3v) is 4.19. The molecule has 1 aliphatic rings. The van der Waals surface area contributed by atoms with Crippen molar-refractivity contribution in [1.82, 2.24) is 10.4 Å². The standard InChI is InChI=1S/C20H20F3N5O/c1-13-3-5-15(6-4-13)12-28-14(2)26-18(27-28)11-25-19(24)16-7-9-17(10-8-16)29-20(21,22)23/h3-11,14,24H,12H2,1-2H3,(H,26,27). The SMILES string of the molecule is Cc1ccc(CN2NC(C=NC(=N)c3ccc(OC(F)(F)F)cc3)=NC2C)cc1. The van der Waals surface area contributed by atoms with Crippen molar-refractivity contribution < 1.29 is 17.9 Å². The minimum Gasteiger partial charge on any atom is -0.406 e. The summed E-state index contributed by atoms with van der Waals surface area (Å²) in [4.78, 5) is 8.49. The van der Waals surface area contributed by atoms with Gasteiger partial charge in [-0.25, -0.2) is 9.98 Å². The van der Waals surface area contributed by atoms with E-state index in [1.165, 1.54) is 23.9 Å². The lowest BCUT2D eigenvalue weighted by molar-refractivity contribution is -0.274. The molecule has 2 N–H and O–H groups in total.